The van der Waals surface area contributed by atoms with Gasteiger partial charge in [0, 0.05) is 15.4 Å². The summed E-state index contributed by atoms with van der Waals surface area (Å²) in [5.74, 6) is 1.16. The standard InChI is InChI=1S/C10H16S2/c1-8-5-6-11-9(8)7-12-10(2,3)4/h5-6H,7H2,1-4H3. The van der Waals surface area contributed by atoms with E-state index in [1.807, 2.05) is 23.1 Å². The summed E-state index contributed by atoms with van der Waals surface area (Å²) in [4.78, 5) is 1.52. The molecule has 0 nitrogen and oxygen atoms in total. The second-order valence-corrected chi connectivity index (χ2v) is 6.73. The van der Waals surface area contributed by atoms with E-state index in [0.717, 1.165) is 5.75 Å². The van der Waals surface area contributed by atoms with E-state index >= 15 is 0 Å². The summed E-state index contributed by atoms with van der Waals surface area (Å²) in [6.07, 6.45) is 0. The van der Waals surface area contributed by atoms with Crippen LogP contribution in [0.25, 0.3) is 0 Å². The first-order valence-electron chi connectivity index (χ1n) is 4.16. The molecule has 68 valence electrons. The molecule has 0 aliphatic carbocycles. The summed E-state index contributed by atoms with van der Waals surface area (Å²) in [6.45, 7) is 8.98. The van der Waals surface area contributed by atoms with E-state index in [0.29, 0.717) is 4.75 Å². The van der Waals surface area contributed by atoms with Crippen LogP contribution in [0.1, 0.15) is 31.2 Å². The minimum atomic E-state index is 0.385. The number of thiophene rings is 1. The van der Waals surface area contributed by atoms with Gasteiger partial charge in [-0.25, -0.2) is 0 Å². The molecule has 0 amide bonds. The second kappa shape index (κ2) is 3.84. The van der Waals surface area contributed by atoms with Crippen LogP contribution in [0.15, 0.2) is 11.4 Å². The molecule has 0 bridgehead atoms. The molecule has 0 spiro atoms. The predicted molar refractivity (Wildman–Crippen MR) is 60.1 cm³/mol. The molecule has 0 fully saturated rings. The molecule has 0 aliphatic heterocycles. The fraction of sp³-hybridized carbons (Fsp3) is 0.600. The van der Waals surface area contributed by atoms with Crippen molar-refractivity contribution in [2.45, 2.75) is 38.2 Å². The van der Waals surface area contributed by atoms with Gasteiger partial charge in [0.1, 0.15) is 0 Å². The first kappa shape index (κ1) is 10.1. The average Bonchev–Trinajstić information content (AvgIpc) is 2.29. The van der Waals surface area contributed by atoms with Crippen LogP contribution >= 0.6 is 23.1 Å². The Morgan fingerprint density at radius 3 is 2.50 bits per heavy atom. The molecule has 1 rings (SSSR count). The van der Waals surface area contributed by atoms with Gasteiger partial charge in [0.25, 0.3) is 0 Å². The Balaban J connectivity index is 2.49. The first-order valence-corrected chi connectivity index (χ1v) is 6.02. The summed E-state index contributed by atoms with van der Waals surface area (Å²) in [7, 11) is 0. The minimum Gasteiger partial charge on any atom is -0.150 e. The van der Waals surface area contributed by atoms with Crippen molar-refractivity contribution in [2.24, 2.45) is 0 Å². The highest BCUT2D eigenvalue weighted by molar-refractivity contribution is 7.99. The van der Waals surface area contributed by atoms with Crippen LogP contribution in [-0.4, -0.2) is 4.75 Å². The Morgan fingerprint density at radius 2 is 2.08 bits per heavy atom. The van der Waals surface area contributed by atoms with Crippen molar-refractivity contribution in [1.29, 1.82) is 0 Å². The van der Waals surface area contributed by atoms with Crippen molar-refractivity contribution in [2.75, 3.05) is 0 Å². The lowest BCUT2D eigenvalue weighted by Gasteiger charge is -2.16. The number of aryl methyl sites for hydroxylation is 1. The molecular formula is C10H16S2. The van der Waals surface area contributed by atoms with Gasteiger partial charge in [-0.05, 0) is 23.9 Å². The second-order valence-electron chi connectivity index (χ2n) is 3.93. The molecule has 0 aromatic carbocycles. The van der Waals surface area contributed by atoms with Gasteiger partial charge >= 0.3 is 0 Å². The van der Waals surface area contributed by atoms with Gasteiger partial charge in [0.05, 0.1) is 0 Å². The lowest BCUT2D eigenvalue weighted by Crippen LogP contribution is -2.07. The van der Waals surface area contributed by atoms with Crippen LogP contribution in [0.3, 0.4) is 0 Å². The first-order chi connectivity index (χ1) is 5.49. The van der Waals surface area contributed by atoms with Gasteiger partial charge in [-0.15, -0.1) is 11.3 Å². The summed E-state index contributed by atoms with van der Waals surface area (Å²) < 4.78 is 0.385. The fourth-order valence-electron chi connectivity index (χ4n) is 0.834. The van der Waals surface area contributed by atoms with E-state index in [9.17, 15) is 0 Å². The Kier molecular flexibility index (Phi) is 3.24. The Bertz CT molecular complexity index is 243. The maximum absolute atomic E-state index is 2.26. The Labute approximate surface area is 83.4 Å². The lowest BCUT2D eigenvalue weighted by atomic mass is 10.3. The van der Waals surface area contributed by atoms with Gasteiger partial charge in [-0.2, -0.15) is 11.8 Å². The van der Waals surface area contributed by atoms with Crippen molar-refractivity contribution in [3.8, 4) is 0 Å². The van der Waals surface area contributed by atoms with Crippen LogP contribution < -0.4 is 0 Å². The van der Waals surface area contributed by atoms with Crippen molar-refractivity contribution < 1.29 is 0 Å². The monoisotopic (exact) mass is 200 g/mol. The third kappa shape index (κ3) is 3.20. The molecule has 0 aliphatic rings. The zero-order chi connectivity index (χ0) is 9.19. The number of rotatable bonds is 2. The van der Waals surface area contributed by atoms with E-state index < -0.39 is 0 Å². The van der Waals surface area contributed by atoms with Crippen LogP contribution in [0, 0.1) is 6.92 Å². The van der Waals surface area contributed by atoms with Crippen molar-refractivity contribution in [3.63, 3.8) is 0 Å². The molecule has 0 radical (unpaired) electrons. The molecule has 2 heteroatoms. The van der Waals surface area contributed by atoms with Crippen LogP contribution in [0.2, 0.25) is 0 Å². The smallest absolute Gasteiger partial charge is 0.0286 e. The Hall–Kier alpha value is 0.0500. The Morgan fingerprint density at radius 1 is 1.42 bits per heavy atom. The van der Waals surface area contributed by atoms with Crippen LogP contribution in [-0.2, 0) is 5.75 Å². The minimum absolute atomic E-state index is 0.385. The van der Waals surface area contributed by atoms with Crippen molar-refractivity contribution >= 4 is 23.1 Å². The zero-order valence-corrected chi connectivity index (χ0v) is 9.81. The van der Waals surface area contributed by atoms with Gasteiger partial charge in [-0.3, -0.25) is 0 Å². The largest absolute Gasteiger partial charge is 0.150 e. The van der Waals surface area contributed by atoms with E-state index in [-0.39, 0.29) is 0 Å². The molecule has 0 saturated heterocycles. The van der Waals surface area contributed by atoms with Gasteiger partial charge < -0.3 is 0 Å². The highest BCUT2D eigenvalue weighted by atomic mass is 32.2. The number of thioether (sulfide) groups is 1. The van der Waals surface area contributed by atoms with E-state index in [4.69, 9.17) is 0 Å². The predicted octanol–water partition coefficient (Wildman–Crippen LogP) is 4.09. The van der Waals surface area contributed by atoms with Gasteiger partial charge in [0.2, 0.25) is 0 Å². The summed E-state index contributed by atoms with van der Waals surface area (Å²) in [5, 5.41) is 2.17. The molecule has 0 unspecified atom stereocenters. The van der Waals surface area contributed by atoms with Gasteiger partial charge in [0.15, 0.2) is 0 Å². The maximum Gasteiger partial charge on any atom is 0.0286 e. The highest BCUT2D eigenvalue weighted by Gasteiger charge is 2.11. The molecule has 1 aromatic heterocycles. The summed E-state index contributed by atoms with van der Waals surface area (Å²) in [6, 6.07) is 2.20. The molecule has 0 atom stereocenters. The topological polar surface area (TPSA) is 0 Å². The average molecular weight is 200 g/mol. The van der Waals surface area contributed by atoms with E-state index in [2.05, 4.69) is 39.1 Å². The number of hydrogen-bond donors (Lipinski definition) is 0. The normalized spacial score (nSPS) is 12.0. The molecule has 12 heavy (non-hydrogen) atoms. The highest BCUT2D eigenvalue weighted by Crippen LogP contribution is 2.30. The third-order valence-corrected chi connectivity index (χ3v) is 4.11. The van der Waals surface area contributed by atoms with Crippen molar-refractivity contribution in [3.05, 3.63) is 21.9 Å². The third-order valence-electron chi connectivity index (χ3n) is 1.60. The van der Waals surface area contributed by atoms with Gasteiger partial charge in [-0.1, -0.05) is 20.8 Å². The molecule has 1 aromatic rings. The maximum atomic E-state index is 2.26. The molecular weight excluding hydrogens is 184 g/mol. The van der Waals surface area contributed by atoms with Crippen LogP contribution in [0.5, 0.6) is 0 Å². The number of hydrogen-bond acceptors (Lipinski definition) is 2. The summed E-state index contributed by atoms with van der Waals surface area (Å²) in [5.41, 5.74) is 1.44. The fourth-order valence-corrected chi connectivity index (χ4v) is 2.77. The van der Waals surface area contributed by atoms with E-state index in [1.54, 1.807) is 0 Å². The van der Waals surface area contributed by atoms with E-state index in [1.165, 1.54) is 10.4 Å². The SMILES string of the molecule is Cc1ccsc1CSC(C)(C)C. The lowest BCUT2D eigenvalue weighted by molar-refractivity contribution is 0.802. The van der Waals surface area contributed by atoms with Crippen LogP contribution in [0.4, 0.5) is 0 Å². The van der Waals surface area contributed by atoms with Crippen molar-refractivity contribution in [1.82, 2.24) is 0 Å². The molecule has 1 heterocycles. The zero-order valence-electron chi connectivity index (χ0n) is 8.18. The summed E-state index contributed by atoms with van der Waals surface area (Å²) >= 11 is 3.89. The molecule has 0 saturated carbocycles. The molecule has 0 N–H and O–H groups in total. The quantitative estimate of drug-likeness (QED) is 0.693.